The molecule has 4 aromatic carbocycles. The monoisotopic (exact) mass is 1330 g/mol. The minimum Gasteiger partial charge on any atom is -0.506 e. The molecular weight excluding hydrogens is 1250 g/mol. The van der Waals surface area contributed by atoms with Crippen LogP contribution in [0.4, 0.5) is 0 Å². The zero-order chi connectivity index (χ0) is 68.7. The third kappa shape index (κ3) is 19.9. The molecule has 0 aliphatic carbocycles. The zero-order valence-corrected chi connectivity index (χ0v) is 53.1. The normalized spacial score (nSPS) is 21.3. The summed E-state index contributed by atoms with van der Waals surface area (Å²) < 4.78 is 0. The molecule has 1 unspecified atom stereocenters. The number of nitrogens with zero attached hydrogens (tertiary/aromatic N) is 5. The Morgan fingerprint density at radius 3 is 1.02 bits per heavy atom. The van der Waals surface area contributed by atoms with E-state index in [9.17, 15) is 78.0 Å². The number of fused-ring (bicyclic) bond motifs is 20. The highest BCUT2D eigenvalue weighted by molar-refractivity contribution is 6.07. The summed E-state index contributed by atoms with van der Waals surface area (Å²) in [6, 6.07) is 16.1. The number of nitrogens with one attached hydrogen (secondary N) is 9. The van der Waals surface area contributed by atoms with Gasteiger partial charge in [0.1, 0.15) is 23.0 Å². The first-order valence-corrected chi connectivity index (χ1v) is 32.1. The first kappa shape index (κ1) is 71.6. The molecule has 1 fully saturated rings. The van der Waals surface area contributed by atoms with Crippen LogP contribution in [0.5, 0.6) is 23.0 Å². The predicted octanol–water partition coefficient (Wildman–Crippen LogP) is -0.871. The van der Waals surface area contributed by atoms with Crippen molar-refractivity contribution < 1.29 is 82.8 Å². The molecule has 0 spiro atoms. The van der Waals surface area contributed by atoms with Crippen LogP contribution in [0.2, 0.25) is 0 Å². The van der Waals surface area contributed by atoms with E-state index in [1.165, 1.54) is 72.8 Å². The minimum atomic E-state index is -0.851. The molecule has 4 aromatic rings. The van der Waals surface area contributed by atoms with Crippen LogP contribution in [0.3, 0.4) is 0 Å². The van der Waals surface area contributed by atoms with Crippen LogP contribution in [-0.4, -0.2) is 253 Å². The summed E-state index contributed by atoms with van der Waals surface area (Å²) >= 11 is 0. The molecule has 12 bridgehead atoms. The van der Waals surface area contributed by atoms with Gasteiger partial charge in [0, 0.05) is 163 Å². The van der Waals surface area contributed by atoms with Crippen LogP contribution >= 0.6 is 0 Å². The molecule has 4 aliphatic heterocycles. The standard InChI is InChI=1S/C65H82N14O17/c80-50(17-7-18-53(83)96-79-51(81)19-20-52(79)82)66-21-2-1-8-41-40-77-34-26-71-62(92)46-13-3-9-42(54(46)84)58(88)67-22-30-75(31-23-68-59(89)43-10-4-14-47(55(43)85)63(93)72-27-35-77)38-39-76-32-24-69-60(90)44-11-5-15-48(56(44)86)64(94)73-28-36-78(41)37-29-74-65(95)49-16-6-12-45(57(49)87)61(91)70-25-33-76/h3-6,9-16,41,84-87H,1-2,7-8,17-40H2,(H,66,80)(H,67,88)(H,68,89)(H,69,90)(H,70,91)(H,71,92)(H,72,93)(H,73,94)(H,74,95). The van der Waals surface area contributed by atoms with Gasteiger partial charge in [0.15, 0.2) is 0 Å². The summed E-state index contributed by atoms with van der Waals surface area (Å²) in [4.78, 5) is 174. The van der Waals surface area contributed by atoms with Crippen LogP contribution in [0, 0.1) is 0 Å². The summed E-state index contributed by atoms with van der Waals surface area (Å²) in [5.74, 6) is -10.5. The Balaban J connectivity index is 1.16. The number of phenols is 4. The first-order valence-electron chi connectivity index (χ1n) is 32.1. The second-order valence-corrected chi connectivity index (χ2v) is 23.3. The lowest BCUT2D eigenvalue weighted by atomic mass is 10.1. The summed E-state index contributed by atoms with van der Waals surface area (Å²) in [6.45, 7) is 1.13. The van der Waals surface area contributed by atoms with E-state index < -0.39 is 100.0 Å². The second-order valence-electron chi connectivity index (χ2n) is 23.3. The Labute approximate surface area is 552 Å². The van der Waals surface area contributed by atoms with Crippen LogP contribution in [-0.2, 0) is 24.0 Å². The van der Waals surface area contributed by atoms with Gasteiger partial charge in [-0.25, -0.2) is 4.79 Å². The number of benzene rings is 4. The number of phenolic OH excluding ortho intramolecular Hbond substituents is 4. The van der Waals surface area contributed by atoms with E-state index in [2.05, 4.69) is 47.9 Å². The molecule has 4 heterocycles. The number of unbranched alkanes of at least 4 members (excludes halogenated alkanes) is 1. The van der Waals surface area contributed by atoms with Crippen molar-refractivity contribution in [2.75, 3.05) is 131 Å². The van der Waals surface area contributed by atoms with E-state index in [4.69, 9.17) is 4.84 Å². The molecule has 13 N–H and O–H groups in total. The lowest BCUT2D eigenvalue weighted by Crippen LogP contribution is -2.51. The van der Waals surface area contributed by atoms with Crippen LogP contribution in [0.15, 0.2) is 72.8 Å². The molecule has 0 aromatic heterocycles. The summed E-state index contributed by atoms with van der Waals surface area (Å²) in [7, 11) is 0. The van der Waals surface area contributed by atoms with Crippen molar-refractivity contribution in [1.29, 1.82) is 0 Å². The summed E-state index contributed by atoms with van der Waals surface area (Å²) in [6.07, 6.45) is 0.711. The van der Waals surface area contributed by atoms with Crippen molar-refractivity contribution in [2.45, 2.75) is 57.4 Å². The highest BCUT2D eigenvalue weighted by Gasteiger charge is 2.33. The van der Waals surface area contributed by atoms with Crippen LogP contribution in [0.25, 0.3) is 0 Å². The highest BCUT2D eigenvalue weighted by Crippen LogP contribution is 2.27. The van der Waals surface area contributed by atoms with E-state index in [0.29, 0.717) is 24.3 Å². The number of carbonyl (C=O) groups is 12. The summed E-state index contributed by atoms with van der Waals surface area (Å²) in [5, 5.41) is 71.9. The van der Waals surface area contributed by atoms with Gasteiger partial charge in [-0.2, -0.15) is 0 Å². The van der Waals surface area contributed by atoms with Gasteiger partial charge in [0.05, 0.1) is 44.5 Å². The Hall–Kier alpha value is -10.2. The molecule has 31 nitrogen and oxygen atoms in total. The quantitative estimate of drug-likeness (QED) is 0.0678. The molecule has 514 valence electrons. The number of para-hydroxylation sites is 4. The van der Waals surface area contributed by atoms with Gasteiger partial charge in [-0.05, 0) is 67.8 Å². The summed E-state index contributed by atoms with van der Waals surface area (Å²) in [5.41, 5.74) is -1.55. The fourth-order valence-electron chi connectivity index (χ4n) is 11.4. The fourth-order valence-corrected chi connectivity index (χ4v) is 11.4. The maximum absolute atomic E-state index is 14.1. The first-order chi connectivity index (χ1) is 46.3. The number of amides is 11. The van der Waals surface area contributed by atoms with E-state index in [0.717, 1.165) is 0 Å². The van der Waals surface area contributed by atoms with Crippen molar-refractivity contribution in [3.05, 3.63) is 117 Å². The van der Waals surface area contributed by atoms with Gasteiger partial charge >= 0.3 is 5.97 Å². The number of hydroxylamine groups is 2. The maximum Gasteiger partial charge on any atom is 0.333 e. The van der Waals surface area contributed by atoms with Crippen molar-refractivity contribution in [3.8, 4) is 23.0 Å². The Morgan fingerprint density at radius 1 is 0.396 bits per heavy atom. The molecule has 0 radical (unpaired) electrons. The number of hydrogen-bond acceptors (Lipinski definition) is 21. The Morgan fingerprint density at radius 2 is 0.698 bits per heavy atom. The van der Waals surface area contributed by atoms with Crippen molar-refractivity contribution in [1.82, 2.24) is 72.5 Å². The van der Waals surface area contributed by atoms with Gasteiger partial charge in [-0.1, -0.05) is 30.7 Å². The van der Waals surface area contributed by atoms with Crippen molar-refractivity contribution in [2.24, 2.45) is 0 Å². The highest BCUT2D eigenvalue weighted by atomic mass is 16.7. The largest absolute Gasteiger partial charge is 0.506 e. The molecule has 1 atom stereocenters. The molecular formula is C65H82N14O17. The topological polar surface area (TPSA) is 419 Å². The molecule has 1 saturated heterocycles. The van der Waals surface area contributed by atoms with Gasteiger partial charge < -0.3 is 73.1 Å². The number of hydrogen-bond donors (Lipinski definition) is 13. The average molecular weight is 1330 g/mol. The smallest absolute Gasteiger partial charge is 0.333 e. The van der Waals surface area contributed by atoms with E-state index >= 15 is 0 Å². The number of carbonyl (C=O) groups excluding carboxylic acids is 12. The van der Waals surface area contributed by atoms with Crippen LogP contribution < -0.4 is 47.9 Å². The Bertz CT molecular complexity index is 3360. The van der Waals surface area contributed by atoms with E-state index in [-0.39, 0.29) is 208 Å². The molecule has 8 rings (SSSR count). The average Bonchev–Trinajstić information content (AvgIpc) is 1.16. The van der Waals surface area contributed by atoms with Gasteiger partial charge in [0.2, 0.25) is 5.91 Å². The minimum absolute atomic E-state index is 0.0171. The lowest BCUT2D eigenvalue weighted by molar-refractivity contribution is -0.197. The van der Waals surface area contributed by atoms with Gasteiger partial charge in [-0.15, -0.1) is 5.06 Å². The molecule has 11 amide bonds. The molecule has 31 heteroatoms. The fraction of sp³-hybridized carbons (Fsp3) is 0.446. The second kappa shape index (κ2) is 35.3. The Kier molecular flexibility index (Phi) is 26.3. The van der Waals surface area contributed by atoms with E-state index in [1.807, 2.05) is 19.6 Å². The lowest BCUT2D eigenvalue weighted by Gasteiger charge is -2.36. The van der Waals surface area contributed by atoms with Crippen molar-refractivity contribution >= 4 is 70.9 Å². The molecule has 4 aliphatic rings. The third-order valence-electron chi connectivity index (χ3n) is 16.7. The molecule has 0 saturated carbocycles. The van der Waals surface area contributed by atoms with Gasteiger partial charge in [-0.3, -0.25) is 72.3 Å². The van der Waals surface area contributed by atoms with Gasteiger partial charge in [0.25, 0.3) is 59.1 Å². The number of aromatic hydroxyl groups is 4. The van der Waals surface area contributed by atoms with Crippen LogP contribution in [0.1, 0.15) is 134 Å². The zero-order valence-electron chi connectivity index (χ0n) is 53.1. The number of rotatable bonds is 10. The third-order valence-corrected chi connectivity index (χ3v) is 16.7. The maximum atomic E-state index is 14.1. The molecule has 96 heavy (non-hydrogen) atoms. The number of imide groups is 1. The predicted molar refractivity (Wildman–Crippen MR) is 344 cm³/mol. The van der Waals surface area contributed by atoms with Crippen molar-refractivity contribution in [3.63, 3.8) is 0 Å². The van der Waals surface area contributed by atoms with E-state index in [1.54, 1.807) is 0 Å². The SMILES string of the molecule is O=C(CCCC(=O)ON1C(=O)CCC1=O)NCCCCC1CN2CCNC(=O)c3cccc(c3O)C(=O)NCCN(CCNC(=O)c3cccc(c3O)C(=O)NCC2)CCN2CCNC(=O)c3cccc(c3O)C(=O)NCCN1CCNC(=O)c1cccc(c1O)C(=O)NCC2.